The predicted octanol–water partition coefficient (Wildman–Crippen LogP) is 2.40. The summed E-state index contributed by atoms with van der Waals surface area (Å²) in [5.74, 6) is 0.619. The van der Waals surface area contributed by atoms with Crippen molar-refractivity contribution in [1.82, 2.24) is 4.90 Å². The first-order chi connectivity index (χ1) is 7.60. The number of amides is 1. The van der Waals surface area contributed by atoms with E-state index in [1.54, 1.807) is 0 Å². The highest BCUT2D eigenvalue weighted by atomic mass is 16.1. The van der Waals surface area contributed by atoms with Gasteiger partial charge in [-0.25, -0.2) is 0 Å². The molecule has 0 aliphatic heterocycles. The summed E-state index contributed by atoms with van der Waals surface area (Å²) in [4.78, 5) is 13.1. The highest BCUT2D eigenvalue weighted by Gasteiger charge is 2.06. The number of nitrogens with zero attached hydrogens (tertiary/aromatic N) is 1. The third-order valence-corrected chi connectivity index (χ3v) is 3.07. The van der Waals surface area contributed by atoms with Crippen molar-refractivity contribution < 1.29 is 4.79 Å². The lowest BCUT2D eigenvalue weighted by molar-refractivity contribution is -0.118. The molecule has 0 bridgehead atoms. The second-order valence-electron chi connectivity index (χ2n) is 4.71. The summed E-state index contributed by atoms with van der Waals surface area (Å²) in [5, 5.41) is 0. The van der Waals surface area contributed by atoms with Crippen LogP contribution >= 0.6 is 0 Å². The molecule has 0 spiro atoms. The maximum atomic E-state index is 10.7. The first-order valence-corrected chi connectivity index (χ1v) is 6.60. The minimum Gasteiger partial charge on any atom is -0.370 e. The van der Waals surface area contributed by atoms with Crippen molar-refractivity contribution in [2.45, 2.75) is 52.9 Å². The lowest BCUT2D eigenvalue weighted by Gasteiger charge is -2.22. The van der Waals surface area contributed by atoms with Crippen molar-refractivity contribution in [3.8, 4) is 0 Å². The van der Waals surface area contributed by atoms with E-state index in [-0.39, 0.29) is 5.91 Å². The fraction of sp³-hybridized carbons (Fsp3) is 0.923. The average molecular weight is 228 g/mol. The van der Waals surface area contributed by atoms with Crippen molar-refractivity contribution in [3.05, 3.63) is 0 Å². The van der Waals surface area contributed by atoms with Gasteiger partial charge in [0.25, 0.3) is 0 Å². The molecular weight excluding hydrogens is 200 g/mol. The molecule has 3 heteroatoms. The molecule has 0 saturated heterocycles. The molecule has 2 N–H and O–H groups in total. The van der Waals surface area contributed by atoms with E-state index in [0.29, 0.717) is 6.42 Å². The van der Waals surface area contributed by atoms with Gasteiger partial charge in [-0.15, -0.1) is 0 Å². The SMILES string of the molecule is CCCN(CCCC(N)=O)CCC(C)CC. The van der Waals surface area contributed by atoms with Gasteiger partial charge >= 0.3 is 0 Å². The van der Waals surface area contributed by atoms with E-state index in [2.05, 4.69) is 25.7 Å². The second-order valence-corrected chi connectivity index (χ2v) is 4.71. The molecule has 0 aromatic rings. The van der Waals surface area contributed by atoms with Crippen LogP contribution in [0.5, 0.6) is 0 Å². The van der Waals surface area contributed by atoms with Crippen LogP contribution in [-0.2, 0) is 4.79 Å². The van der Waals surface area contributed by atoms with Crippen LogP contribution in [0.3, 0.4) is 0 Å². The number of carbonyl (C=O) groups is 1. The van der Waals surface area contributed by atoms with Crippen LogP contribution < -0.4 is 5.73 Å². The summed E-state index contributed by atoms with van der Waals surface area (Å²) >= 11 is 0. The van der Waals surface area contributed by atoms with Gasteiger partial charge in [-0.3, -0.25) is 4.79 Å². The summed E-state index contributed by atoms with van der Waals surface area (Å²) in [6.45, 7) is 10.0. The Bertz CT molecular complexity index is 183. The summed E-state index contributed by atoms with van der Waals surface area (Å²) < 4.78 is 0. The van der Waals surface area contributed by atoms with Crippen LogP contribution in [0.15, 0.2) is 0 Å². The molecule has 1 unspecified atom stereocenters. The molecule has 0 aromatic heterocycles. The van der Waals surface area contributed by atoms with Gasteiger partial charge in [-0.1, -0.05) is 27.2 Å². The van der Waals surface area contributed by atoms with E-state index in [9.17, 15) is 4.79 Å². The fourth-order valence-corrected chi connectivity index (χ4v) is 1.74. The maximum absolute atomic E-state index is 10.7. The van der Waals surface area contributed by atoms with Gasteiger partial charge < -0.3 is 10.6 Å². The van der Waals surface area contributed by atoms with E-state index < -0.39 is 0 Å². The van der Waals surface area contributed by atoms with E-state index >= 15 is 0 Å². The predicted molar refractivity (Wildman–Crippen MR) is 69.2 cm³/mol. The van der Waals surface area contributed by atoms with Crippen LogP contribution in [0, 0.1) is 5.92 Å². The molecule has 1 atom stereocenters. The summed E-state index contributed by atoms with van der Waals surface area (Å²) in [6.07, 6.45) is 5.10. The third-order valence-electron chi connectivity index (χ3n) is 3.07. The van der Waals surface area contributed by atoms with Crippen molar-refractivity contribution in [2.24, 2.45) is 11.7 Å². The second kappa shape index (κ2) is 9.64. The Hall–Kier alpha value is -0.570. The van der Waals surface area contributed by atoms with Crippen LogP contribution in [0.2, 0.25) is 0 Å². The number of hydrogen-bond acceptors (Lipinski definition) is 2. The Balaban J connectivity index is 3.73. The van der Waals surface area contributed by atoms with Gasteiger partial charge in [0.05, 0.1) is 0 Å². The molecule has 3 nitrogen and oxygen atoms in total. The quantitative estimate of drug-likeness (QED) is 0.624. The molecule has 0 radical (unpaired) electrons. The number of hydrogen-bond donors (Lipinski definition) is 1. The standard InChI is InChI=1S/C13H28N2O/c1-4-9-15(10-6-7-13(14)16)11-8-12(3)5-2/h12H,4-11H2,1-3H3,(H2,14,16). The largest absolute Gasteiger partial charge is 0.370 e. The number of rotatable bonds is 10. The van der Waals surface area contributed by atoms with E-state index in [0.717, 1.165) is 32.0 Å². The van der Waals surface area contributed by atoms with E-state index in [1.807, 2.05) is 0 Å². The van der Waals surface area contributed by atoms with Gasteiger partial charge in [0, 0.05) is 6.42 Å². The Morgan fingerprint density at radius 1 is 1.25 bits per heavy atom. The van der Waals surface area contributed by atoms with Crippen molar-refractivity contribution in [1.29, 1.82) is 0 Å². The molecule has 0 aromatic carbocycles. The highest BCUT2D eigenvalue weighted by Crippen LogP contribution is 2.08. The fourth-order valence-electron chi connectivity index (χ4n) is 1.74. The molecule has 0 heterocycles. The van der Waals surface area contributed by atoms with E-state index in [1.165, 1.54) is 19.3 Å². The van der Waals surface area contributed by atoms with Crippen molar-refractivity contribution in [3.63, 3.8) is 0 Å². The lowest BCUT2D eigenvalue weighted by Crippen LogP contribution is -2.28. The van der Waals surface area contributed by atoms with Crippen LogP contribution in [-0.4, -0.2) is 30.4 Å². The maximum Gasteiger partial charge on any atom is 0.217 e. The van der Waals surface area contributed by atoms with Crippen molar-refractivity contribution in [2.75, 3.05) is 19.6 Å². The smallest absolute Gasteiger partial charge is 0.217 e. The Kier molecular flexibility index (Phi) is 9.30. The normalized spacial score (nSPS) is 13.0. The molecule has 16 heavy (non-hydrogen) atoms. The van der Waals surface area contributed by atoms with Gasteiger partial charge in [-0.2, -0.15) is 0 Å². The zero-order valence-corrected chi connectivity index (χ0v) is 11.2. The Morgan fingerprint density at radius 3 is 2.44 bits per heavy atom. The van der Waals surface area contributed by atoms with Gasteiger partial charge in [-0.05, 0) is 44.8 Å². The number of nitrogens with two attached hydrogens (primary N) is 1. The van der Waals surface area contributed by atoms with Crippen LogP contribution in [0.1, 0.15) is 52.9 Å². The minimum atomic E-state index is -0.182. The monoisotopic (exact) mass is 228 g/mol. The zero-order valence-electron chi connectivity index (χ0n) is 11.2. The molecule has 0 fully saturated rings. The topological polar surface area (TPSA) is 46.3 Å². The van der Waals surface area contributed by atoms with E-state index in [4.69, 9.17) is 5.73 Å². The van der Waals surface area contributed by atoms with Gasteiger partial charge in [0.1, 0.15) is 0 Å². The number of carbonyl (C=O) groups excluding carboxylic acids is 1. The van der Waals surface area contributed by atoms with Crippen LogP contribution in [0.25, 0.3) is 0 Å². The minimum absolute atomic E-state index is 0.182. The molecular formula is C13H28N2O. The zero-order chi connectivity index (χ0) is 12.4. The molecule has 96 valence electrons. The summed E-state index contributed by atoms with van der Waals surface area (Å²) in [6, 6.07) is 0. The molecule has 0 saturated carbocycles. The highest BCUT2D eigenvalue weighted by molar-refractivity contribution is 5.73. The lowest BCUT2D eigenvalue weighted by atomic mass is 10.0. The van der Waals surface area contributed by atoms with Gasteiger partial charge in [0.15, 0.2) is 0 Å². The van der Waals surface area contributed by atoms with Gasteiger partial charge in [0.2, 0.25) is 5.91 Å². The van der Waals surface area contributed by atoms with Crippen molar-refractivity contribution >= 4 is 5.91 Å². The molecule has 0 aliphatic carbocycles. The third kappa shape index (κ3) is 8.72. The number of primary amides is 1. The molecule has 1 amide bonds. The summed E-state index contributed by atoms with van der Waals surface area (Å²) in [7, 11) is 0. The first kappa shape index (κ1) is 15.4. The summed E-state index contributed by atoms with van der Waals surface area (Å²) in [5.41, 5.74) is 5.14. The Morgan fingerprint density at radius 2 is 1.94 bits per heavy atom. The first-order valence-electron chi connectivity index (χ1n) is 6.60. The molecule has 0 aliphatic rings. The molecule has 0 rings (SSSR count). The average Bonchev–Trinajstić information content (AvgIpc) is 2.24. The van der Waals surface area contributed by atoms with Crippen LogP contribution in [0.4, 0.5) is 0 Å². The Labute approximate surface area is 100 Å².